The first-order valence-electron chi connectivity index (χ1n) is 5.83. The highest BCUT2D eigenvalue weighted by Crippen LogP contribution is 2.32. The van der Waals surface area contributed by atoms with Crippen LogP contribution in [0.3, 0.4) is 0 Å². The summed E-state index contributed by atoms with van der Waals surface area (Å²) in [5, 5.41) is 10.2. The normalized spacial score (nSPS) is 41.5. The third-order valence-corrected chi connectivity index (χ3v) is 2.93. The fourth-order valence-corrected chi connectivity index (χ4v) is 2.15. The van der Waals surface area contributed by atoms with Gasteiger partial charge in [0.25, 0.3) is 0 Å². The number of carbonyl (C=O) groups excluding carboxylic acids is 2. The number of aliphatic hydroxyl groups excluding tert-OH is 1. The molecule has 0 unspecified atom stereocenters. The van der Waals surface area contributed by atoms with E-state index in [1.54, 1.807) is 6.92 Å². The number of aliphatic hydroxyl groups is 1. The zero-order chi connectivity index (χ0) is 14.2. The van der Waals surface area contributed by atoms with E-state index in [1.807, 2.05) is 0 Å². The molecule has 19 heavy (non-hydrogen) atoms. The maximum absolute atomic E-state index is 11.6. The second kappa shape index (κ2) is 5.41. The van der Waals surface area contributed by atoms with Gasteiger partial charge in [0.1, 0.15) is 12.2 Å². The smallest absolute Gasteiger partial charge is 0.339 e. The van der Waals surface area contributed by atoms with Gasteiger partial charge in [0.15, 0.2) is 24.8 Å². The van der Waals surface area contributed by atoms with Gasteiger partial charge in [-0.25, -0.2) is 4.79 Å². The monoisotopic (exact) mass is 276 g/mol. The Morgan fingerprint density at radius 1 is 1.21 bits per heavy atom. The molecule has 8 heteroatoms. The minimum absolute atomic E-state index is 0.584. The molecule has 0 aliphatic carbocycles. The van der Waals surface area contributed by atoms with Gasteiger partial charge in [0.05, 0.1) is 7.11 Å². The molecule has 1 N–H and O–H groups in total. The number of hydrogen-bond acceptors (Lipinski definition) is 8. The lowest BCUT2D eigenvalue weighted by atomic mass is 9.98. The third-order valence-electron chi connectivity index (χ3n) is 2.93. The van der Waals surface area contributed by atoms with Crippen LogP contribution < -0.4 is 0 Å². The number of ether oxygens (including phenoxy) is 5. The topological polar surface area (TPSA) is 101 Å². The maximum Gasteiger partial charge on any atom is 0.339 e. The Kier molecular flexibility index (Phi) is 4.04. The van der Waals surface area contributed by atoms with Crippen LogP contribution in [0.1, 0.15) is 13.8 Å². The van der Waals surface area contributed by atoms with Gasteiger partial charge in [0, 0.05) is 6.92 Å². The van der Waals surface area contributed by atoms with Gasteiger partial charge in [-0.2, -0.15) is 0 Å². The van der Waals surface area contributed by atoms with Gasteiger partial charge >= 0.3 is 11.9 Å². The van der Waals surface area contributed by atoms with Crippen LogP contribution >= 0.6 is 0 Å². The Labute approximate surface area is 109 Å². The van der Waals surface area contributed by atoms with Crippen molar-refractivity contribution in [2.75, 3.05) is 7.11 Å². The lowest BCUT2D eigenvalue weighted by Gasteiger charge is -2.38. The average Bonchev–Trinajstić information content (AvgIpc) is 2.72. The van der Waals surface area contributed by atoms with E-state index in [0.29, 0.717) is 0 Å². The molecule has 0 radical (unpaired) electrons. The van der Waals surface area contributed by atoms with Gasteiger partial charge in [-0.3, -0.25) is 4.79 Å². The van der Waals surface area contributed by atoms with E-state index in [9.17, 15) is 14.7 Å². The van der Waals surface area contributed by atoms with Crippen LogP contribution in [0, 0.1) is 0 Å². The molecule has 2 heterocycles. The molecule has 2 aliphatic heterocycles. The van der Waals surface area contributed by atoms with E-state index in [1.165, 1.54) is 14.0 Å². The van der Waals surface area contributed by atoms with Crippen LogP contribution in [0.15, 0.2) is 0 Å². The fraction of sp³-hybridized carbons (Fsp3) is 0.818. The third kappa shape index (κ3) is 2.71. The number of esters is 2. The zero-order valence-corrected chi connectivity index (χ0v) is 10.8. The lowest BCUT2D eigenvalue weighted by Crippen LogP contribution is -2.60. The second-order valence-corrected chi connectivity index (χ2v) is 4.32. The van der Waals surface area contributed by atoms with Gasteiger partial charge < -0.3 is 28.8 Å². The number of carbonyl (C=O) groups is 2. The second-order valence-electron chi connectivity index (χ2n) is 4.32. The SMILES string of the molecule is COC(=O)[C@@H]1O[C@@H]2O[C@@H](C)O[C@@H]2[C@@H](O)[C@@H]1OC(C)=O. The van der Waals surface area contributed by atoms with Crippen LogP contribution in [0.5, 0.6) is 0 Å². The molecule has 0 spiro atoms. The van der Waals surface area contributed by atoms with Crippen molar-refractivity contribution in [2.45, 2.75) is 50.8 Å². The number of rotatable bonds is 2. The quantitative estimate of drug-likeness (QED) is 0.637. The summed E-state index contributed by atoms with van der Waals surface area (Å²) < 4.78 is 25.4. The van der Waals surface area contributed by atoms with Gasteiger partial charge in [-0.05, 0) is 6.92 Å². The number of fused-ring (bicyclic) bond motifs is 1. The molecular formula is C11H16O8. The lowest BCUT2D eigenvalue weighted by molar-refractivity contribution is -0.254. The molecule has 0 aromatic heterocycles. The summed E-state index contributed by atoms with van der Waals surface area (Å²) >= 11 is 0. The van der Waals surface area contributed by atoms with Crippen molar-refractivity contribution in [3.63, 3.8) is 0 Å². The van der Waals surface area contributed by atoms with Crippen LogP contribution in [0.4, 0.5) is 0 Å². The van der Waals surface area contributed by atoms with Gasteiger partial charge in [-0.15, -0.1) is 0 Å². The van der Waals surface area contributed by atoms with Crippen molar-refractivity contribution < 1.29 is 38.4 Å². The molecule has 0 aromatic rings. The number of methoxy groups -OCH3 is 1. The first kappa shape index (κ1) is 14.2. The Bertz CT molecular complexity index is 370. The van der Waals surface area contributed by atoms with E-state index in [4.69, 9.17) is 18.9 Å². The number of hydrogen-bond donors (Lipinski definition) is 1. The van der Waals surface area contributed by atoms with Crippen LogP contribution in [-0.2, 0) is 33.3 Å². The van der Waals surface area contributed by atoms with E-state index >= 15 is 0 Å². The fourth-order valence-electron chi connectivity index (χ4n) is 2.15. The molecule has 0 amide bonds. The summed E-state index contributed by atoms with van der Waals surface area (Å²) in [6, 6.07) is 0. The molecule has 2 aliphatic rings. The van der Waals surface area contributed by atoms with Crippen LogP contribution in [0.2, 0.25) is 0 Å². The van der Waals surface area contributed by atoms with Crippen molar-refractivity contribution in [1.82, 2.24) is 0 Å². The maximum atomic E-state index is 11.6. The molecule has 2 saturated heterocycles. The minimum atomic E-state index is -1.25. The standard InChI is InChI=1S/C11H16O8/c1-4(12)16-7-6(13)8-11(18-5(2)17-8)19-9(7)10(14)15-3/h5-9,11,13H,1-3H3/t5-,6-,7-,8+,9+,11-/m0/s1. The average molecular weight is 276 g/mol. The molecule has 0 aromatic carbocycles. The van der Waals surface area contributed by atoms with Crippen molar-refractivity contribution >= 4 is 11.9 Å². The summed E-state index contributed by atoms with van der Waals surface area (Å²) in [6.45, 7) is 2.80. The predicted octanol–water partition coefficient (Wildman–Crippen LogP) is -1.06. The van der Waals surface area contributed by atoms with Crippen molar-refractivity contribution in [3.8, 4) is 0 Å². The summed E-state index contributed by atoms with van der Waals surface area (Å²) in [7, 11) is 1.17. The highest BCUT2D eigenvalue weighted by molar-refractivity contribution is 5.76. The first-order valence-corrected chi connectivity index (χ1v) is 5.83. The van der Waals surface area contributed by atoms with Crippen LogP contribution in [0.25, 0.3) is 0 Å². The zero-order valence-electron chi connectivity index (χ0n) is 10.8. The molecule has 0 bridgehead atoms. The molecule has 108 valence electrons. The molecule has 0 saturated carbocycles. The van der Waals surface area contributed by atoms with Crippen molar-refractivity contribution in [3.05, 3.63) is 0 Å². The van der Waals surface area contributed by atoms with Crippen molar-refractivity contribution in [1.29, 1.82) is 0 Å². The first-order chi connectivity index (χ1) is 8.93. The Morgan fingerprint density at radius 3 is 2.47 bits per heavy atom. The Hall–Kier alpha value is -1.22. The molecular weight excluding hydrogens is 260 g/mol. The summed E-state index contributed by atoms with van der Waals surface area (Å²) in [4.78, 5) is 22.7. The summed E-state index contributed by atoms with van der Waals surface area (Å²) in [6.07, 6.45) is -5.99. The highest BCUT2D eigenvalue weighted by Gasteiger charge is 2.55. The van der Waals surface area contributed by atoms with E-state index in [-0.39, 0.29) is 0 Å². The molecule has 2 rings (SSSR count). The Balaban J connectivity index is 2.20. The van der Waals surface area contributed by atoms with Crippen molar-refractivity contribution in [2.24, 2.45) is 0 Å². The largest absolute Gasteiger partial charge is 0.467 e. The molecule has 8 nitrogen and oxygen atoms in total. The van der Waals surface area contributed by atoms with Crippen LogP contribution in [-0.4, -0.2) is 61.2 Å². The van der Waals surface area contributed by atoms with E-state index < -0.39 is 48.9 Å². The summed E-state index contributed by atoms with van der Waals surface area (Å²) in [5.41, 5.74) is 0. The highest BCUT2D eigenvalue weighted by atomic mass is 16.8. The Morgan fingerprint density at radius 2 is 1.89 bits per heavy atom. The van der Waals surface area contributed by atoms with Gasteiger partial charge in [0.2, 0.25) is 0 Å². The minimum Gasteiger partial charge on any atom is -0.467 e. The predicted molar refractivity (Wildman–Crippen MR) is 57.7 cm³/mol. The van der Waals surface area contributed by atoms with Gasteiger partial charge in [-0.1, -0.05) is 0 Å². The summed E-state index contributed by atoms with van der Waals surface area (Å²) in [5.74, 6) is -1.40. The van der Waals surface area contributed by atoms with E-state index in [0.717, 1.165) is 0 Å². The molecule has 6 atom stereocenters. The van der Waals surface area contributed by atoms with E-state index in [2.05, 4.69) is 4.74 Å². The molecule has 2 fully saturated rings.